The van der Waals surface area contributed by atoms with Crippen LogP contribution in [0.4, 0.5) is 5.69 Å². The maximum Gasteiger partial charge on any atom is 0.225 e. The van der Waals surface area contributed by atoms with Gasteiger partial charge in [0, 0.05) is 25.2 Å². The highest BCUT2D eigenvalue weighted by atomic mass is 32.2. The third kappa shape index (κ3) is 7.14. The summed E-state index contributed by atoms with van der Waals surface area (Å²) < 4.78 is 25.0. The zero-order chi connectivity index (χ0) is 17.6. The van der Waals surface area contributed by atoms with Crippen LogP contribution in [-0.4, -0.2) is 38.0 Å². The van der Waals surface area contributed by atoms with Crippen LogP contribution in [0.15, 0.2) is 18.2 Å². The Morgan fingerprint density at radius 2 is 1.83 bits per heavy atom. The Labute approximate surface area is 140 Å². The van der Waals surface area contributed by atoms with Crippen molar-refractivity contribution in [2.24, 2.45) is 5.92 Å². The van der Waals surface area contributed by atoms with E-state index < -0.39 is 10.0 Å². The summed E-state index contributed by atoms with van der Waals surface area (Å²) in [5.41, 5.74) is 3.02. The number of carbonyl (C=O) groups is 1. The smallest absolute Gasteiger partial charge is 0.225 e. The molecule has 0 radical (unpaired) electrons. The number of nitrogens with zero attached hydrogens (tertiary/aromatic N) is 1. The minimum Gasteiger partial charge on any atom is -0.326 e. The van der Waals surface area contributed by atoms with Crippen molar-refractivity contribution in [2.45, 2.75) is 40.5 Å². The lowest BCUT2D eigenvalue weighted by Crippen LogP contribution is -2.34. The lowest BCUT2D eigenvalue weighted by molar-refractivity contribution is -0.116. The highest BCUT2D eigenvalue weighted by molar-refractivity contribution is 7.88. The second-order valence-electron chi connectivity index (χ2n) is 6.44. The first kappa shape index (κ1) is 19.6. The van der Waals surface area contributed by atoms with Gasteiger partial charge in [-0.15, -0.1) is 0 Å². The van der Waals surface area contributed by atoms with Gasteiger partial charge in [-0.25, -0.2) is 12.7 Å². The standard InChI is InChI=1S/C17H28N2O3S/c1-13(2)8-10-19(23(5,21)22)11-9-17(20)18-16-7-6-14(3)15(4)12-16/h6-7,12-13H,8-11H2,1-5H3,(H,18,20). The molecular formula is C17H28N2O3S. The largest absolute Gasteiger partial charge is 0.326 e. The van der Waals surface area contributed by atoms with Gasteiger partial charge < -0.3 is 5.32 Å². The van der Waals surface area contributed by atoms with Crippen LogP contribution in [0.1, 0.15) is 37.8 Å². The maximum atomic E-state index is 12.0. The molecule has 1 rings (SSSR count). The zero-order valence-corrected chi connectivity index (χ0v) is 15.5. The molecular weight excluding hydrogens is 312 g/mol. The Bertz CT molecular complexity index is 639. The van der Waals surface area contributed by atoms with E-state index in [2.05, 4.69) is 5.32 Å². The third-order valence-corrected chi connectivity index (χ3v) is 5.11. The average Bonchev–Trinajstić information content (AvgIpc) is 2.41. The van der Waals surface area contributed by atoms with Crippen molar-refractivity contribution in [3.05, 3.63) is 29.3 Å². The quantitative estimate of drug-likeness (QED) is 0.791. The minimum absolute atomic E-state index is 0.151. The van der Waals surface area contributed by atoms with Crippen molar-refractivity contribution in [3.63, 3.8) is 0 Å². The fraction of sp³-hybridized carbons (Fsp3) is 0.588. The van der Waals surface area contributed by atoms with Crippen LogP contribution in [-0.2, 0) is 14.8 Å². The number of benzene rings is 1. The molecule has 0 spiro atoms. The second kappa shape index (κ2) is 8.45. The Hall–Kier alpha value is -1.40. The normalized spacial score (nSPS) is 12.0. The van der Waals surface area contributed by atoms with Crippen molar-refractivity contribution in [3.8, 4) is 0 Å². The Kier molecular flexibility index (Phi) is 7.22. The highest BCUT2D eigenvalue weighted by Gasteiger charge is 2.18. The number of rotatable bonds is 8. The van der Waals surface area contributed by atoms with Crippen LogP contribution < -0.4 is 5.32 Å². The fourth-order valence-corrected chi connectivity index (χ4v) is 2.97. The van der Waals surface area contributed by atoms with Crippen LogP contribution in [0.25, 0.3) is 0 Å². The van der Waals surface area contributed by atoms with Crippen molar-refractivity contribution in [2.75, 3.05) is 24.7 Å². The summed E-state index contributed by atoms with van der Waals surface area (Å²) in [7, 11) is -3.29. The van der Waals surface area contributed by atoms with E-state index in [1.807, 2.05) is 45.9 Å². The first-order chi connectivity index (χ1) is 10.6. The molecule has 1 aromatic rings. The summed E-state index contributed by atoms with van der Waals surface area (Å²) >= 11 is 0. The lowest BCUT2D eigenvalue weighted by Gasteiger charge is -2.20. The lowest BCUT2D eigenvalue weighted by atomic mass is 10.1. The van der Waals surface area contributed by atoms with E-state index in [-0.39, 0.29) is 18.9 Å². The molecule has 0 saturated carbocycles. The number of nitrogens with one attached hydrogen (secondary N) is 1. The molecule has 23 heavy (non-hydrogen) atoms. The number of hydrogen-bond acceptors (Lipinski definition) is 3. The first-order valence-electron chi connectivity index (χ1n) is 7.92. The molecule has 1 aromatic carbocycles. The van der Waals surface area contributed by atoms with Crippen LogP contribution in [0.2, 0.25) is 0 Å². The number of amides is 1. The summed E-state index contributed by atoms with van der Waals surface area (Å²) in [4.78, 5) is 12.0. The number of aryl methyl sites for hydroxylation is 2. The predicted octanol–water partition coefficient (Wildman–Crippen LogP) is 2.94. The number of hydrogen-bond donors (Lipinski definition) is 1. The van der Waals surface area contributed by atoms with Crippen molar-refractivity contribution < 1.29 is 13.2 Å². The van der Waals surface area contributed by atoms with Crippen LogP contribution in [0.5, 0.6) is 0 Å². The van der Waals surface area contributed by atoms with E-state index in [4.69, 9.17) is 0 Å². The van der Waals surface area contributed by atoms with E-state index in [0.717, 1.165) is 17.7 Å². The Balaban J connectivity index is 2.59. The van der Waals surface area contributed by atoms with E-state index in [0.29, 0.717) is 12.5 Å². The highest BCUT2D eigenvalue weighted by Crippen LogP contribution is 2.14. The van der Waals surface area contributed by atoms with E-state index in [1.54, 1.807) is 0 Å². The third-order valence-electron chi connectivity index (χ3n) is 3.80. The number of sulfonamides is 1. The van der Waals surface area contributed by atoms with Crippen LogP contribution in [0.3, 0.4) is 0 Å². The van der Waals surface area contributed by atoms with Gasteiger partial charge in [-0.2, -0.15) is 0 Å². The van der Waals surface area contributed by atoms with Gasteiger partial charge in [0.15, 0.2) is 0 Å². The fourth-order valence-electron chi connectivity index (χ4n) is 2.11. The minimum atomic E-state index is -3.29. The van der Waals surface area contributed by atoms with E-state index >= 15 is 0 Å². The number of anilines is 1. The molecule has 0 aromatic heterocycles. The molecule has 0 aliphatic rings. The topological polar surface area (TPSA) is 66.5 Å². The molecule has 6 heteroatoms. The van der Waals surface area contributed by atoms with E-state index in [9.17, 15) is 13.2 Å². The van der Waals surface area contributed by atoms with Gasteiger partial charge in [0.2, 0.25) is 15.9 Å². The molecule has 0 aliphatic carbocycles. The van der Waals surface area contributed by atoms with Gasteiger partial charge in [0.1, 0.15) is 0 Å². The van der Waals surface area contributed by atoms with Gasteiger partial charge in [0.05, 0.1) is 6.26 Å². The summed E-state index contributed by atoms with van der Waals surface area (Å²) in [6, 6.07) is 5.73. The Morgan fingerprint density at radius 1 is 1.17 bits per heavy atom. The molecule has 0 fully saturated rings. The van der Waals surface area contributed by atoms with Gasteiger partial charge in [-0.05, 0) is 49.4 Å². The van der Waals surface area contributed by atoms with Gasteiger partial charge in [-0.3, -0.25) is 4.79 Å². The molecule has 1 amide bonds. The van der Waals surface area contributed by atoms with Crippen LogP contribution in [0, 0.1) is 19.8 Å². The summed E-state index contributed by atoms with van der Waals surface area (Å²) in [5, 5.41) is 2.82. The zero-order valence-electron chi connectivity index (χ0n) is 14.7. The number of carbonyl (C=O) groups excluding carboxylic acids is 1. The molecule has 0 unspecified atom stereocenters. The van der Waals surface area contributed by atoms with Gasteiger partial charge in [0.25, 0.3) is 0 Å². The first-order valence-corrected chi connectivity index (χ1v) is 9.76. The maximum absolute atomic E-state index is 12.0. The van der Waals surface area contributed by atoms with E-state index in [1.165, 1.54) is 16.1 Å². The second-order valence-corrected chi connectivity index (χ2v) is 8.42. The SMILES string of the molecule is Cc1ccc(NC(=O)CCN(CCC(C)C)S(C)(=O)=O)cc1C. The Morgan fingerprint density at radius 3 is 2.35 bits per heavy atom. The molecule has 0 heterocycles. The molecule has 0 atom stereocenters. The predicted molar refractivity (Wildman–Crippen MR) is 95.0 cm³/mol. The molecule has 5 nitrogen and oxygen atoms in total. The molecule has 1 N–H and O–H groups in total. The van der Waals surface area contributed by atoms with Gasteiger partial charge >= 0.3 is 0 Å². The monoisotopic (exact) mass is 340 g/mol. The molecule has 130 valence electrons. The average molecular weight is 340 g/mol. The molecule has 0 saturated heterocycles. The van der Waals surface area contributed by atoms with Crippen molar-refractivity contribution in [1.82, 2.24) is 4.31 Å². The summed E-state index contributed by atoms with van der Waals surface area (Å²) in [6.45, 7) is 8.76. The van der Waals surface area contributed by atoms with Crippen LogP contribution >= 0.6 is 0 Å². The van der Waals surface area contributed by atoms with Crippen molar-refractivity contribution in [1.29, 1.82) is 0 Å². The molecule has 0 aliphatic heterocycles. The van der Waals surface area contributed by atoms with Crippen molar-refractivity contribution >= 4 is 21.6 Å². The molecule has 0 bridgehead atoms. The van der Waals surface area contributed by atoms with Gasteiger partial charge in [-0.1, -0.05) is 19.9 Å². The summed E-state index contributed by atoms with van der Waals surface area (Å²) in [5.74, 6) is 0.245. The summed E-state index contributed by atoms with van der Waals surface area (Å²) in [6.07, 6.45) is 2.12.